The first-order valence-corrected chi connectivity index (χ1v) is 10.0. The smallest absolute Gasteiger partial charge is 0.337 e. The molecule has 0 aliphatic carbocycles. The molecule has 0 aliphatic heterocycles. The summed E-state index contributed by atoms with van der Waals surface area (Å²) < 4.78 is 16.8. The van der Waals surface area contributed by atoms with E-state index in [0.29, 0.717) is 22.9 Å². The van der Waals surface area contributed by atoms with Gasteiger partial charge in [0.05, 0.1) is 28.8 Å². The lowest BCUT2D eigenvalue weighted by molar-refractivity contribution is 0.0696. The third-order valence-electron chi connectivity index (χ3n) is 5.27. The molecule has 0 saturated heterocycles. The Kier molecular flexibility index (Phi) is 4.98. The van der Waals surface area contributed by atoms with Crippen molar-refractivity contribution in [3.63, 3.8) is 0 Å². The van der Waals surface area contributed by atoms with Crippen LogP contribution in [0.4, 0.5) is 4.39 Å². The van der Waals surface area contributed by atoms with Crippen LogP contribution in [0, 0.1) is 5.82 Å². The number of aromatic carboxylic acids is 1. The molecule has 0 unspecified atom stereocenters. The van der Waals surface area contributed by atoms with Gasteiger partial charge in [0.15, 0.2) is 5.82 Å². The molecule has 0 saturated carbocycles. The number of imidazole rings is 1. The Labute approximate surface area is 187 Å². The molecule has 0 radical (unpaired) electrons. The normalized spacial score (nSPS) is 11.0. The monoisotopic (exact) mass is 440 g/mol. The maximum absolute atomic E-state index is 13.5. The molecule has 9 heteroatoms. The van der Waals surface area contributed by atoms with Crippen LogP contribution >= 0.6 is 0 Å². The van der Waals surface area contributed by atoms with E-state index in [1.807, 2.05) is 23.7 Å². The molecule has 5 aromatic rings. The number of carbonyl (C=O) groups is 1. The van der Waals surface area contributed by atoms with Crippen molar-refractivity contribution < 1.29 is 14.3 Å². The molecule has 162 valence electrons. The number of halogens is 1. The molecule has 0 amide bonds. The Morgan fingerprint density at radius 3 is 2.42 bits per heavy atom. The van der Waals surface area contributed by atoms with Gasteiger partial charge in [-0.3, -0.25) is 4.98 Å². The standard InChI is InChI=1S/C24H17FN6O2/c1-30-22(16-10-12-26-13-11-16)21(15-6-8-17(25)9-7-15)27-23(30)19-14-31(29-28-19)20-5-3-2-4-18(20)24(32)33/h2-14H,1H3,(H,32,33). The highest BCUT2D eigenvalue weighted by atomic mass is 19.1. The number of aromatic nitrogens is 6. The molecule has 0 fully saturated rings. The maximum atomic E-state index is 13.5. The summed E-state index contributed by atoms with van der Waals surface area (Å²) in [6, 6.07) is 16.4. The van der Waals surface area contributed by atoms with Crippen molar-refractivity contribution in [2.75, 3.05) is 0 Å². The molecule has 3 aromatic heterocycles. The molecule has 33 heavy (non-hydrogen) atoms. The van der Waals surface area contributed by atoms with Gasteiger partial charge in [-0.2, -0.15) is 0 Å². The molecular formula is C24H17FN6O2. The highest BCUT2D eigenvalue weighted by molar-refractivity contribution is 5.91. The van der Waals surface area contributed by atoms with Crippen LogP contribution in [0.25, 0.3) is 39.7 Å². The fourth-order valence-electron chi connectivity index (χ4n) is 3.72. The van der Waals surface area contributed by atoms with Gasteiger partial charge in [-0.05, 0) is 48.5 Å². The van der Waals surface area contributed by atoms with Crippen molar-refractivity contribution in [3.8, 4) is 39.7 Å². The SMILES string of the molecule is Cn1c(-c2cn(-c3ccccc3C(=O)O)nn2)nc(-c2ccc(F)cc2)c1-c1ccncc1. The number of para-hydroxylation sites is 1. The predicted octanol–water partition coefficient (Wildman–Crippen LogP) is 4.23. The molecule has 8 nitrogen and oxygen atoms in total. The van der Waals surface area contributed by atoms with Gasteiger partial charge in [-0.1, -0.05) is 17.3 Å². The Balaban J connectivity index is 1.66. The zero-order valence-electron chi connectivity index (χ0n) is 17.4. The van der Waals surface area contributed by atoms with E-state index < -0.39 is 5.97 Å². The molecule has 2 aromatic carbocycles. The second-order valence-corrected chi connectivity index (χ2v) is 7.31. The van der Waals surface area contributed by atoms with E-state index in [9.17, 15) is 14.3 Å². The topological polar surface area (TPSA) is 98.7 Å². The van der Waals surface area contributed by atoms with Crippen LogP contribution in [0.15, 0.2) is 79.3 Å². The summed E-state index contributed by atoms with van der Waals surface area (Å²) in [5, 5.41) is 17.9. The van der Waals surface area contributed by atoms with Crippen molar-refractivity contribution in [3.05, 3.63) is 90.6 Å². The molecule has 3 heterocycles. The van der Waals surface area contributed by atoms with Crippen LogP contribution in [-0.2, 0) is 7.05 Å². The first kappa shape index (κ1) is 20.3. The number of hydrogen-bond acceptors (Lipinski definition) is 5. The third kappa shape index (κ3) is 3.65. The van der Waals surface area contributed by atoms with E-state index in [-0.39, 0.29) is 11.4 Å². The zero-order valence-corrected chi connectivity index (χ0v) is 17.4. The molecule has 0 atom stereocenters. The fraction of sp³-hybridized carbons (Fsp3) is 0.0417. The van der Waals surface area contributed by atoms with Crippen LogP contribution in [0.1, 0.15) is 10.4 Å². The summed E-state index contributed by atoms with van der Waals surface area (Å²) in [5.41, 5.74) is 4.05. The molecule has 0 bridgehead atoms. The van der Waals surface area contributed by atoms with Crippen molar-refractivity contribution in [1.29, 1.82) is 0 Å². The van der Waals surface area contributed by atoms with E-state index >= 15 is 0 Å². The molecule has 0 aliphatic rings. The lowest BCUT2D eigenvalue weighted by atomic mass is 10.1. The van der Waals surface area contributed by atoms with Crippen molar-refractivity contribution >= 4 is 5.97 Å². The fourth-order valence-corrected chi connectivity index (χ4v) is 3.72. The lowest BCUT2D eigenvalue weighted by Gasteiger charge is -2.07. The summed E-state index contributed by atoms with van der Waals surface area (Å²) in [5.74, 6) is -0.862. The molecule has 0 spiro atoms. The van der Waals surface area contributed by atoms with Gasteiger partial charge in [-0.15, -0.1) is 5.10 Å². The van der Waals surface area contributed by atoms with Gasteiger partial charge in [0, 0.05) is 30.6 Å². The number of carboxylic acids is 1. The summed E-state index contributed by atoms with van der Waals surface area (Å²) in [6.07, 6.45) is 5.01. The molecule has 1 N–H and O–H groups in total. The average molecular weight is 440 g/mol. The van der Waals surface area contributed by atoms with Crippen LogP contribution in [0.2, 0.25) is 0 Å². The Morgan fingerprint density at radius 1 is 0.970 bits per heavy atom. The summed E-state index contributed by atoms with van der Waals surface area (Å²) in [4.78, 5) is 20.5. The van der Waals surface area contributed by atoms with Gasteiger partial charge in [0.2, 0.25) is 0 Å². The van der Waals surface area contributed by atoms with Gasteiger partial charge < -0.3 is 9.67 Å². The summed E-state index contributed by atoms with van der Waals surface area (Å²) >= 11 is 0. The minimum absolute atomic E-state index is 0.110. The van der Waals surface area contributed by atoms with Crippen LogP contribution < -0.4 is 0 Å². The second kappa shape index (κ2) is 8.12. The number of nitrogens with zero attached hydrogens (tertiary/aromatic N) is 6. The largest absolute Gasteiger partial charge is 0.478 e. The van der Waals surface area contributed by atoms with Crippen molar-refractivity contribution in [1.82, 2.24) is 29.5 Å². The number of benzene rings is 2. The van der Waals surface area contributed by atoms with Gasteiger partial charge in [0.1, 0.15) is 11.5 Å². The third-order valence-corrected chi connectivity index (χ3v) is 5.27. The van der Waals surface area contributed by atoms with Crippen LogP contribution in [0.5, 0.6) is 0 Å². The highest BCUT2D eigenvalue weighted by Crippen LogP contribution is 2.35. The van der Waals surface area contributed by atoms with Gasteiger partial charge >= 0.3 is 5.97 Å². The van der Waals surface area contributed by atoms with Gasteiger partial charge in [-0.25, -0.2) is 18.9 Å². The number of hydrogen-bond donors (Lipinski definition) is 1. The number of rotatable bonds is 5. The van der Waals surface area contributed by atoms with Gasteiger partial charge in [0.25, 0.3) is 0 Å². The van der Waals surface area contributed by atoms with E-state index in [4.69, 9.17) is 4.98 Å². The average Bonchev–Trinajstić information content (AvgIpc) is 3.45. The Bertz CT molecular complexity index is 1460. The number of carboxylic acid groups (broad SMARTS) is 1. The first-order chi connectivity index (χ1) is 16.0. The van der Waals surface area contributed by atoms with E-state index in [1.165, 1.54) is 22.9 Å². The van der Waals surface area contributed by atoms with Crippen molar-refractivity contribution in [2.24, 2.45) is 7.05 Å². The minimum Gasteiger partial charge on any atom is -0.478 e. The number of pyridine rings is 1. The van der Waals surface area contributed by atoms with E-state index in [0.717, 1.165) is 16.8 Å². The summed E-state index contributed by atoms with van der Waals surface area (Å²) in [6.45, 7) is 0. The minimum atomic E-state index is -1.06. The lowest BCUT2D eigenvalue weighted by Crippen LogP contribution is -2.05. The zero-order chi connectivity index (χ0) is 22.9. The quantitative estimate of drug-likeness (QED) is 0.439. The Hall–Kier alpha value is -4.66. The first-order valence-electron chi connectivity index (χ1n) is 10.0. The van der Waals surface area contributed by atoms with Crippen molar-refractivity contribution in [2.45, 2.75) is 0 Å². The van der Waals surface area contributed by atoms with E-state index in [2.05, 4.69) is 15.3 Å². The predicted molar refractivity (Wildman–Crippen MR) is 119 cm³/mol. The maximum Gasteiger partial charge on any atom is 0.337 e. The highest BCUT2D eigenvalue weighted by Gasteiger charge is 2.22. The van der Waals surface area contributed by atoms with E-state index in [1.54, 1.807) is 48.9 Å². The van der Waals surface area contributed by atoms with Crippen LogP contribution in [-0.4, -0.2) is 40.6 Å². The van der Waals surface area contributed by atoms with Crippen LogP contribution in [0.3, 0.4) is 0 Å². The summed E-state index contributed by atoms with van der Waals surface area (Å²) in [7, 11) is 1.86. The molecular weight excluding hydrogens is 423 g/mol. The Morgan fingerprint density at radius 2 is 1.70 bits per heavy atom. The molecule has 5 rings (SSSR count). The second-order valence-electron chi connectivity index (χ2n) is 7.31.